The van der Waals surface area contributed by atoms with E-state index in [1.54, 1.807) is 18.3 Å². The maximum Gasteiger partial charge on any atom is 0.259 e. The molecule has 29 heavy (non-hydrogen) atoms. The number of hydrogen-bond acceptors (Lipinski definition) is 7. The fourth-order valence-electron chi connectivity index (χ4n) is 2.70. The van der Waals surface area contributed by atoms with Gasteiger partial charge in [0.05, 0.1) is 12.0 Å². The van der Waals surface area contributed by atoms with Crippen LogP contribution in [0, 0.1) is 5.82 Å². The lowest BCUT2D eigenvalue weighted by Crippen LogP contribution is -2.13. The average Bonchev–Trinajstić information content (AvgIpc) is 3.29. The summed E-state index contributed by atoms with van der Waals surface area (Å²) in [7, 11) is 0. The van der Waals surface area contributed by atoms with Crippen molar-refractivity contribution in [2.45, 2.75) is 6.42 Å². The molecule has 146 valence electrons. The molecule has 0 unspecified atom stereocenters. The Labute approximate surface area is 167 Å². The van der Waals surface area contributed by atoms with Gasteiger partial charge in [-0.2, -0.15) is 5.10 Å². The van der Waals surface area contributed by atoms with E-state index >= 15 is 0 Å². The van der Waals surface area contributed by atoms with Gasteiger partial charge in [0.25, 0.3) is 5.91 Å². The summed E-state index contributed by atoms with van der Waals surface area (Å²) in [5.74, 6) is -0.988. The number of halogens is 1. The van der Waals surface area contributed by atoms with Gasteiger partial charge in [-0.1, -0.05) is 6.07 Å². The minimum absolute atomic E-state index is 0.0417. The Morgan fingerprint density at radius 1 is 1.21 bits per heavy atom. The first kappa shape index (κ1) is 18.5. The first-order valence-electron chi connectivity index (χ1n) is 8.39. The van der Waals surface area contributed by atoms with Gasteiger partial charge in [0.2, 0.25) is 5.91 Å². The van der Waals surface area contributed by atoms with Crippen molar-refractivity contribution in [3.05, 3.63) is 65.3 Å². The lowest BCUT2D eigenvalue weighted by molar-refractivity contribution is -0.115. The molecular formula is C18H14FN7O2S. The molecule has 1 aromatic carbocycles. The zero-order chi connectivity index (χ0) is 20.4. The van der Waals surface area contributed by atoms with Crippen LogP contribution in [-0.4, -0.2) is 31.4 Å². The van der Waals surface area contributed by atoms with Crippen LogP contribution in [0.3, 0.4) is 0 Å². The number of carbonyl (C=O) groups excluding carboxylic acids is 2. The molecule has 0 saturated heterocycles. The fourth-order valence-corrected chi connectivity index (χ4v) is 3.51. The van der Waals surface area contributed by atoms with E-state index in [-0.39, 0.29) is 18.1 Å². The molecule has 3 heterocycles. The van der Waals surface area contributed by atoms with Crippen LogP contribution in [0.25, 0.3) is 5.52 Å². The number of nitrogens with two attached hydrogens (primary N) is 1. The first-order valence-corrected chi connectivity index (χ1v) is 9.20. The predicted molar refractivity (Wildman–Crippen MR) is 106 cm³/mol. The van der Waals surface area contributed by atoms with Crippen LogP contribution in [0.1, 0.15) is 15.2 Å². The SMILES string of the molecule is Nc1ncnn2ccc(C(=O)Nc3ncc(CC(=O)Nc4cccc(F)c4)s3)c12. The Kier molecular flexibility index (Phi) is 4.87. The normalized spacial score (nSPS) is 10.8. The smallest absolute Gasteiger partial charge is 0.259 e. The number of fused-ring (bicyclic) bond motifs is 1. The zero-order valence-corrected chi connectivity index (χ0v) is 15.6. The summed E-state index contributed by atoms with van der Waals surface area (Å²) in [6.07, 6.45) is 4.44. The van der Waals surface area contributed by atoms with E-state index in [0.717, 1.165) is 11.3 Å². The molecule has 0 aliphatic heterocycles. The quantitative estimate of drug-likeness (QED) is 0.463. The summed E-state index contributed by atoms with van der Waals surface area (Å²) < 4.78 is 14.7. The molecular weight excluding hydrogens is 397 g/mol. The van der Waals surface area contributed by atoms with Gasteiger partial charge in [-0.05, 0) is 24.3 Å². The molecule has 4 rings (SSSR count). The van der Waals surface area contributed by atoms with Crippen LogP contribution >= 0.6 is 11.3 Å². The van der Waals surface area contributed by atoms with Crippen molar-refractivity contribution in [1.82, 2.24) is 19.6 Å². The van der Waals surface area contributed by atoms with Crippen molar-refractivity contribution < 1.29 is 14.0 Å². The minimum Gasteiger partial charge on any atom is -0.382 e. The number of benzene rings is 1. The highest BCUT2D eigenvalue weighted by Crippen LogP contribution is 2.22. The first-order chi connectivity index (χ1) is 14.0. The molecule has 0 spiro atoms. The Morgan fingerprint density at radius 3 is 2.90 bits per heavy atom. The van der Waals surface area contributed by atoms with Crippen LogP contribution in [0.2, 0.25) is 0 Å². The van der Waals surface area contributed by atoms with Crippen LogP contribution in [0.15, 0.2) is 49.1 Å². The van der Waals surface area contributed by atoms with Crippen molar-refractivity contribution in [2.24, 2.45) is 0 Å². The molecule has 4 aromatic rings. The number of anilines is 3. The number of amides is 2. The van der Waals surface area contributed by atoms with E-state index in [9.17, 15) is 14.0 Å². The maximum absolute atomic E-state index is 13.2. The van der Waals surface area contributed by atoms with E-state index in [1.165, 1.54) is 35.2 Å². The molecule has 9 nitrogen and oxygen atoms in total. The van der Waals surface area contributed by atoms with E-state index in [1.807, 2.05) is 0 Å². The van der Waals surface area contributed by atoms with E-state index in [0.29, 0.717) is 26.8 Å². The molecule has 3 aromatic heterocycles. The number of thiazole rings is 1. The van der Waals surface area contributed by atoms with Gasteiger partial charge in [-0.3, -0.25) is 14.9 Å². The third-order valence-electron chi connectivity index (χ3n) is 3.94. The lowest BCUT2D eigenvalue weighted by Gasteiger charge is -2.04. The van der Waals surface area contributed by atoms with Gasteiger partial charge >= 0.3 is 0 Å². The minimum atomic E-state index is -0.435. The number of aromatic nitrogens is 4. The number of nitrogens with zero attached hydrogens (tertiary/aromatic N) is 4. The van der Waals surface area contributed by atoms with Crippen LogP contribution in [0.4, 0.5) is 21.0 Å². The Morgan fingerprint density at radius 2 is 2.07 bits per heavy atom. The van der Waals surface area contributed by atoms with Gasteiger partial charge in [0.15, 0.2) is 10.9 Å². The molecule has 0 saturated carbocycles. The number of rotatable bonds is 5. The average molecular weight is 411 g/mol. The number of nitrogen functional groups attached to an aromatic ring is 1. The largest absolute Gasteiger partial charge is 0.382 e. The number of carbonyl (C=O) groups is 2. The predicted octanol–water partition coefficient (Wildman–Crippen LogP) is 2.34. The summed E-state index contributed by atoms with van der Waals surface area (Å²) in [6.45, 7) is 0. The topological polar surface area (TPSA) is 127 Å². The zero-order valence-electron chi connectivity index (χ0n) is 14.8. The van der Waals surface area contributed by atoms with Gasteiger partial charge in [-0.15, -0.1) is 11.3 Å². The highest BCUT2D eigenvalue weighted by atomic mass is 32.1. The summed E-state index contributed by atoms with van der Waals surface area (Å²) in [5.41, 5.74) is 6.91. The van der Waals surface area contributed by atoms with Crippen molar-refractivity contribution in [3.8, 4) is 0 Å². The standard InChI is InChI=1S/C18H14FN7O2S/c19-10-2-1-3-11(6-10)24-14(27)7-12-8-21-18(29-12)25-17(28)13-4-5-26-15(13)16(20)22-9-23-26/h1-6,8-9H,7H2,(H,24,27)(H2,20,22,23)(H,21,25,28). The summed E-state index contributed by atoms with van der Waals surface area (Å²) >= 11 is 1.16. The van der Waals surface area contributed by atoms with Crippen molar-refractivity contribution in [2.75, 3.05) is 16.4 Å². The fraction of sp³-hybridized carbons (Fsp3) is 0.0556. The maximum atomic E-state index is 13.2. The molecule has 2 amide bonds. The summed E-state index contributed by atoms with van der Waals surface area (Å²) in [4.78, 5) is 33.3. The Balaban J connectivity index is 1.42. The monoisotopic (exact) mass is 411 g/mol. The van der Waals surface area contributed by atoms with Crippen LogP contribution < -0.4 is 16.4 Å². The molecule has 0 atom stereocenters. The molecule has 4 N–H and O–H groups in total. The highest BCUT2D eigenvalue weighted by Gasteiger charge is 2.17. The van der Waals surface area contributed by atoms with Gasteiger partial charge in [-0.25, -0.2) is 18.9 Å². The van der Waals surface area contributed by atoms with Gasteiger partial charge < -0.3 is 11.1 Å². The number of nitrogens with one attached hydrogen (secondary N) is 2. The molecule has 11 heteroatoms. The third-order valence-corrected chi connectivity index (χ3v) is 4.86. The number of hydrogen-bond donors (Lipinski definition) is 3. The van der Waals surface area contributed by atoms with Gasteiger partial charge in [0.1, 0.15) is 17.7 Å². The highest BCUT2D eigenvalue weighted by molar-refractivity contribution is 7.15. The van der Waals surface area contributed by atoms with Crippen LogP contribution in [0.5, 0.6) is 0 Å². The molecule has 0 aliphatic carbocycles. The molecule has 0 aliphatic rings. The third kappa shape index (κ3) is 4.04. The Bertz CT molecular complexity index is 1220. The van der Waals surface area contributed by atoms with Crippen molar-refractivity contribution in [3.63, 3.8) is 0 Å². The lowest BCUT2D eigenvalue weighted by atomic mass is 10.2. The van der Waals surface area contributed by atoms with Crippen molar-refractivity contribution >= 4 is 45.3 Å². The van der Waals surface area contributed by atoms with E-state index < -0.39 is 11.7 Å². The van der Waals surface area contributed by atoms with Crippen molar-refractivity contribution in [1.29, 1.82) is 0 Å². The summed E-state index contributed by atoms with van der Waals surface area (Å²) in [6, 6.07) is 7.21. The van der Waals surface area contributed by atoms with Crippen LogP contribution in [-0.2, 0) is 11.2 Å². The second kappa shape index (κ2) is 7.64. The Hall–Kier alpha value is -3.86. The second-order valence-electron chi connectivity index (χ2n) is 5.99. The van der Waals surface area contributed by atoms with E-state index in [4.69, 9.17) is 5.73 Å². The second-order valence-corrected chi connectivity index (χ2v) is 7.10. The molecule has 0 radical (unpaired) electrons. The summed E-state index contributed by atoms with van der Waals surface area (Å²) in [5, 5.41) is 9.61. The van der Waals surface area contributed by atoms with Gasteiger partial charge in [0, 0.05) is 23.0 Å². The molecule has 0 bridgehead atoms. The van der Waals surface area contributed by atoms with E-state index in [2.05, 4.69) is 25.7 Å². The molecule has 0 fully saturated rings.